The zero-order valence-corrected chi connectivity index (χ0v) is 13.2. The van der Waals surface area contributed by atoms with E-state index in [2.05, 4.69) is 4.72 Å². The fraction of sp³-hybridized carbons (Fsp3) is 0.500. The number of hydrogen-bond acceptors (Lipinski definition) is 4. The molecule has 0 radical (unpaired) electrons. The second-order valence-corrected chi connectivity index (χ2v) is 6.38. The molecule has 1 aromatic rings. The first-order valence-corrected chi connectivity index (χ1v) is 8.18. The van der Waals surface area contributed by atoms with Crippen molar-refractivity contribution in [2.75, 3.05) is 13.2 Å². The van der Waals surface area contributed by atoms with E-state index in [1.807, 2.05) is 0 Å². The van der Waals surface area contributed by atoms with E-state index in [0.29, 0.717) is 24.2 Å². The van der Waals surface area contributed by atoms with Crippen molar-refractivity contribution in [3.63, 3.8) is 0 Å². The number of rotatable bonds is 7. The highest BCUT2D eigenvalue weighted by Crippen LogP contribution is 2.21. The van der Waals surface area contributed by atoms with Crippen molar-refractivity contribution in [2.24, 2.45) is 0 Å². The Labute approximate surface area is 124 Å². The molecule has 7 heteroatoms. The third-order valence-electron chi connectivity index (χ3n) is 2.85. The van der Waals surface area contributed by atoms with Crippen LogP contribution in [0.25, 0.3) is 0 Å². The summed E-state index contributed by atoms with van der Waals surface area (Å²) in [5.41, 5.74) is 0.704. The first-order chi connectivity index (χ1) is 9.77. The average Bonchev–Trinajstić information content (AvgIpc) is 2.33. The molecule has 0 atom stereocenters. The molecule has 0 amide bonds. The SMILES string of the molecule is CCOC(=O)CCCNS(=O)(=O)c1c(C)cc(F)cc1C. The highest BCUT2D eigenvalue weighted by Gasteiger charge is 2.19. The largest absolute Gasteiger partial charge is 0.466 e. The molecule has 1 rings (SSSR count). The number of ether oxygens (including phenoxy) is 1. The van der Waals surface area contributed by atoms with Crippen molar-refractivity contribution < 1.29 is 22.3 Å². The Morgan fingerprint density at radius 3 is 2.38 bits per heavy atom. The molecule has 0 heterocycles. The van der Waals surface area contributed by atoms with Gasteiger partial charge < -0.3 is 4.74 Å². The van der Waals surface area contributed by atoms with Crippen LogP contribution in [0.3, 0.4) is 0 Å². The molecule has 0 aliphatic heterocycles. The first kappa shape index (κ1) is 17.6. The molecule has 118 valence electrons. The molecule has 0 unspecified atom stereocenters. The number of sulfonamides is 1. The summed E-state index contributed by atoms with van der Waals surface area (Å²) in [5, 5.41) is 0. The number of carbonyl (C=O) groups is 1. The van der Waals surface area contributed by atoms with Gasteiger partial charge in [-0.1, -0.05) is 0 Å². The molecule has 0 aliphatic carbocycles. The fourth-order valence-corrected chi connectivity index (χ4v) is 3.59. The van der Waals surface area contributed by atoms with E-state index < -0.39 is 15.8 Å². The maximum atomic E-state index is 13.2. The first-order valence-electron chi connectivity index (χ1n) is 6.70. The molecule has 1 aromatic carbocycles. The van der Waals surface area contributed by atoms with Crippen molar-refractivity contribution in [1.82, 2.24) is 4.72 Å². The number of aryl methyl sites for hydroxylation is 2. The minimum Gasteiger partial charge on any atom is -0.466 e. The van der Waals surface area contributed by atoms with Crippen LogP contribution in [-0.4, -0.2) is 27.5 Å². The molecule has 0 saturated heterocycles. The lowest BCUT2D eigenvalue weighted by atomic mass is 10.1. The standard InChI is InChI=1S/C14H20FNO4S/c1-4-20-13(17)6-5-7-16-21(18,19)14-10(2)8-12(15)9-11(14)3/h8-9,16H,4-7H2,1-3H3. The van der Waals surface area contributed by atoms with E-state index in [4.69, 9.17) is 4.74 Å². The van der Waals surface area contributed by atoms with Gasteiger partial charge in [-0.25, -0.2) is 17.5 Å². The lowest BCUT2D eigenvalue weighted by molar-refractivity contribution is -0.143. The third-order valence-corrected chi connectivity index (χ3v) is 4.61. The fourth-order valence-electron chi connectivity index (χ4n) is 2.07. The number of esters is 1. The molecule has 0 saturated carbocycles. The monoisotopic (exact) mass is 317 g/mol. The van der Waals surface area contributed by atoms with Crippen molar-refractivity contribution in [3.8, 4) is 0 Å². The van der Waals surface area contributed by atoms with E-state index in [9.17, 15) is 17.6 Å². The van der Waals surface area contributed by atoms with Crippen LogP contribution in [0.15, 0.2) is 17.0 Å². The summed E-state index contributed by atoms with van der Waals surface area (Å²) in [6.45, 7) is 5.23. The van der Waals surface area contributed by atoms with E-state index >= 15 is 0 Å². The van der Waals surface area contributed by atoms with Gasteiger partial charge >= 0.3 is 5.97 Å². The Morgan fingerprint density at radius 1 is 1.29 bits per heavy atom. The summed E-state index contributed by atoms with van der Waals surface area (Å²) in [4.78, 5) is 11.2. The van der Waals surface area contributed by atoms with Gasteiger partial charge in [0.15, 0.2) is 0 Å². The molecule has 21 heavy (non-hydrogen) atoms. The molecule has 1 N–H and O–H groups in total. The predicted molar refractivity (Wildman–Crippen MR) is 76.9 cm³/mol. The minimum atomic E-state index is -3.72. The summed E-state index contributed by atoms with van der Waals surface area (Å²) >= 11 is 0. The van der Waals surface area contributed by atoms with Gasteiger partial charge in [-0.05, 0) is 50.5 Å². The van der Waals surface area contributed by atoms with Crippen LogP contribution in [-0.2, 0) is 19.6 Å². The minimum absolute atomic E-state index is 0.0834. The summed E-state index contributed by atoms with van der Waals surface area (Å²) < 4.78 is 44.8. The van der Waals surface area contributed by atoms with Crippen LogP contribution in [0.4, 0.5) is 4.39 Å². The highest BCUT2D eigenvalue weighted by atomic mass is 32.2. The van der Waals surface area contributed by atoms with Crippen LogP contribution in [0.2, 0.25) is 0 Å². The lowest BCUT2D eigenvalue weighted by Crippen LogP contribution is -2.26. The Morgan fingerprint density at radius 2 is 1.86 bits per heavy atom. The molecule has 0 bridgehead atoms. The predicted octanol–water partition coefficient (Wildman–Crippen LogP) is 2.06. The molecular formula is C14H20FNO4S. The van der Waals surface area contributed by atoms with Gasteiger partial charge in [0.05, 0.1) is 11.5 Å². The quantitative estimate of drug-likeness (QED) is 0.617. The molecular weight excluding hydrogens is 297 g/mol. The van der Waals surface area contributed by atoms with Crippen molar-refractivity contribution in [1.29, 1.82) is 0 Å². The van der Waals surface area contributed by atoms with E-state index in [1.165, 1.54) is 12.1 Å². The summed E-state index contributed by atoms with van der Waals surface area (Å²) in [5.74, 6) is -0.822. The van der Waals surface area contributed by atoms with E-state index in [1.54, 1.807) is 20.8 Å². The van der Waals surface area contributed by atoms with Crippen molar-refractivity contribution in [3.05, 3.63) is 29.1 Å². The average molecular weight is 317 g/mol. The van der Waals surface area contributed by atoms with Crippen molar-refractivity contribution >= 4 is 16.0 Å². The smallest absolute Gasteiger partial charge is 0.305 e. The number of carbonyl (C=O) groups excluding carboxylic acids is 1. The molecule has 0 fully saturated rings. The van der Waals surface area contributed by atoms with Gasteiger partial charge in [0, 0.05) is 13.0 Å². The van der Waals surface area contributed by atoms with Gasteiger partial charge in [-0.15, -0.1) is 0 Å². The second kappa shape index (κ2) is 7.51. The molecule has 0 aromatic heterocycles. The van der Waals surface area contributed by atoms with Gasteiger partial charge in [0.25, 0.3) is 0 Å². The number of halogens is 1. The van der Waals surface area contributed by atoms with Gasteiger partial charge in [0.1, 0.15) is 5.82 Å². The van der Waals surface area contributed by atoms with E-state index in [0.717, 1.165) is 0 Å². The third kappa shape index (κ3) is 5.09. The lowest BCUT2D eigenvalue weighted by Gasteiger charge is -2.12. The topological polar surface area (TPSA) is 72.5 Å². The van der Waals surface area contributed by atoms with Crippen LogP contribution in [0, 0.1) is 19.7 Å². The summed E-state index contributed by atoms with van der Waals surface area (Å²) in [7, 11) is -3.72. The Kier molecular flexibility index (Phi) is 6.29. The Bertz CT molecular complexity index is 590. The van der Waals surface area contributed by atoms with Crippen molar-refractivity contribution in [2.45, 2.75) is 38.5 Å². The van der Waals surface area contributed by atoms with Crippen LogP contribution < -0.4 is 4.72 Å². The summed E-state index contributed by atoms with van der Waals surface area (Å²) in [6, 6.07) is 2.36. The van der Waals surface area contributed by atoms with Gasteiger partial charge in [-0.3, -0.25) is 4.79 Å². The second-order valence-electron chi connectivity index (χ2n) is 4.68. The van der Waals surface area contributed by atoms with Gasteiger partial charge in [-0.2, -0.15) is 0 Å². The maximum absolute atomic E-state index is 13.2. The van der Waals surface area contributed by atoms with Crippen LogP contribution in [0.1, 0.15) is 30.9 Å². The van der Waals surface area contributed by atoms with Crippen LogP contribution in [0.5, 0.6) is 0 Å². The maximum Gasteiger partial charge on any atom is 0.305 e. The molecule has 0 aliphatic rings. The Balaban J connectivity index is 2.69. The highest BCUT2D eigenvalue weighted by molar-refractivity contribution is 7.89. The van der Waals surface area contributed by atoms with Crippen LogP contribution >= 0.6 is 0 Å². The number of benzene rings is 1. The van der Waals surface area contributed by atoms with Gasteiger partial charge in [0.2, 0.25) is 10.0 Å². The zero-order valence-electron chi connectivity index (χ0n) is 12.4. The zero-order chi connectivity index (χ0) is 16.0. The van der Waals surface area contributed by atoms with E-state index in [-0.39, 0.29) is 23.8 Å². The number of hydrogen-bond donors (Lipinski definition) is 1. The Hall–Kier alpha value is -1.47. The molecule has 0 spiro atoms. The normalized spacial score (nSPS) is 11.4. The number of nitrogens with one attached hydrogen (secondary N) is 1. The summed E-state index contributed by atoms with van der Waals surface area (Å²) in [6.07, 6.45) is 0.495. The molecule has 5 nitrogen and oxygen atoms in total.